The van der Waals surface area contributed by atoms with Crippen molar-refractivity contribution in [3.63, 3.8) is 0 Å². The fraction of sp³-hybridized carbons (Fsp3) is 0.611. The van der Waals surface area contributed by atoms with Gasteiger partial charge in [-0.25, -0.2) is 4.72 Å². The predicted molar refractivity (Wildman–Crippen MR) is 96.9 cm³/mol. The molecule has 1 heterocycles. The molecule has 1 N–H and O–H groups in total. The molecule has 1 atom stereocenters. The van der Waals surface area contributed by atoms with Gasteiger partial charge in [-0.05, 0) is 37.2 Å². The van der Waals surface area contributed by atoms with Crippen molar-refractivity contribution in [1.29, 1.82) is 0 Å². The van der Waals surface area contributed by atoms with E-state index < -0.39 is 10.2 Å². The predicted octanol–water partition coefficient (Wildman–Crippen LogP) is 1.60. The van der Waals surface area contributed by atoms with Crippen molar-refractivity contribution in [3.05, 3.63) is 35.9 Å². The molecule has 1 aliphatic heterocycles. The molecule has 0 bridgehead atoms. The fourth-order valence-electron chi connectivity index (χ4n) is 3.28. The van der Waals surface area contributed by atoms with E-state index in [-0.39, 0.29) is 17.7 Å². The van der Waals surface area contributed by atoms with E-state index in [1.807, 2.05) is 35.2 Å². The van der Waals surface area contributed by atoms with Crippen LogP contribution in [-0.4, -0.2) is 50.2 Å². The Hall–Kier alpha value is -1.44. The number of carbonyl (C=O) groups excluding carboxylic acids is 1. The van der Waals surface area contributed by atoms with Gasteiger partial charge in [-0.1, -0.05) is 30.3 Å². The Kier molecular flexibility index (Phi) is 5.76. The SMILES string of the molecule is CN(Cc1ccccc1)S(=O)(=O)NC[C@@H]1CCCN(C(=O)C2CC2)C1. The van der Waals surface area contributed by atoms with E-state index in [1.165, 1.54) is 4.31 Å². The van der Waals surface area contributed by atoms with Crippen LogP contribution in [0.15, 0.2) is 30.3 Å². The van der Waals surface area contributed by atoms with Crippen molar-refractivity contribution < 1.29 is 13.2 Å². The Morgan fingerprint density at radius 3 is 2.64 bits per heavy atom. The summed E-state index contributed by atoms with van der Waals surface area (Å²) in [6.07, 6.45) is 3.93. The molecule has 1 aliphatic carbocycles. The molecule has 6 nitrogen and oxygen atoms in total. The summed E-state index contributed by atoms with van der Waals surface area (Å²) in [6.45, 7) is 2.20. The quantitative estimate of drug-likeness (QED) is 0.798. The first-order chi connectivity index (χ1) is 12.0. The molecule has 0 spiro atoms. The molecule has 138 valence electrons. The normalized spacial score (nSPS) is 21.5. The van der Waals surface area contributed by atoms with Crippen LogP contribution in [-0.2, 0) is 21.5 Å². The molecule has 1 saturated heterocycles. The van der Waals surface area contributed by atoms with Gasteiger partial charge in [0.25, 0.3) is 10.2 Å². The number of piperidine rings is 1. The largest absolute Gasteiger partial charge is 0.342 e. The molecule has 1 saturated carbocycles. The minimum atomic E-state index is -3.52. The van der Waals surface area contributed by atoms with E-state index in [9.17, 15) is 13.2 Å². The van der Waals surface area contributed by atoms with Gasteiger partial charge in [-0.3, -0.25) is 4.79 Å². The molecule has 1 aromatic carbocycles. The molecule has 2 fully saturated rings. The number of hydrogen-bond donors (Lipinski definition) is 1. The van der Waals surface area contributed by atoms with Gasteiger partial charge in [0.2, 0.25) is 5.91 Å². The minimum absolute atomic E-state index is 0.191. The number of rotatable bonds is 7. The Bertz CT molecular complexity index is 689. The molecular weight excluding hydrogens is 338 g/mol. The van der Waals surface area contributed by atoms with Gasteiger partial charge in [0.1, 0.15) is 0 Å². The highest BCUT2D eigenvalue weighted by atomic mass is 32.2. The average Bonchev–Trinajstić information content (AvgIpc) is 3.46. The Balaban J connectivity index is 1.50. The lowest BCUT2D eigenvalue weighted by Gasteiger charge is -2.33. The van der Waals surface area contributed by atoms with Crippen molar-refractivity contribution in [2.24, 2.45) is 11.8 Å². The fourth-order valence-corrected chi connectivity index (χ4v) is 4.26. The minimum Gasteiger partial charge on any atom is -0.342 e. The third kappa shape index (κ3) is 5.03. The molecule has 0 aromatic heterocycles. The van der Waals surface area contributed by atoms with Crippen LogP contribution in [0.2, 0.25) is 0 Å². The average molecular weight is 365 g/mol. The second-order valence-electron chi connectivity index (χ2n) is 7.16. The molecule has 0 radical (unpaired) electrons. The molecule has 7 heteroatoms. The van der Waals surface area contributed by atoms with Gasteiger partial charge >= 0.3 is 0 Å². The van der Waals surface area contributed by atoms with Gasteiger partial charge < -0.3 is 4.90 Å². The van der Waals surface area contributed by atoms with Gasteiger partial charge in [-0.15, -0.1) is 0 Å². The summed E-state index contributed by atoms with van der Waals surface area (Å²) >= 11 is 0. The summed E-state index contributed by atoms with van der Waals surface area (Å²) in [5.74, 6) is 0.678. The number of hydrogen-bond acceptors (Lipinski definition) is 3. The zero-order valence-corrected chi connectivity index (χ0v) is 15.5. The van der Waals surface area contributed by atoms with Crippen LogP contribution in [0.1, 0.15) is 31.2 Å². The molecule has 1 amide bonds. The summed E-state index contributed by atoms with van der Waals surface area (Å²) in [5.41, 5.74) is 0.953. The van der Waals surface area contributed by atoms with Gasteiger partial charge in [0.05, 0.1) is 0 Å². The van der Waals surface area contributed by atoms with Gasteiger partial charge in [-0.2, -0.15) is 12.7 Å². The Morgan fingerprint density at radius 1 is 1.24 bits per heavy atom. The second kappa shape index (κ2) is 7.85. The maximum atomic E-state index is 12.4. The number of nitrogens with zero attached hydrogens (tertiary/aromatic N) is 2. The first kappa shape index (κ1) is 18.4. The summed E-state index contributed by atoms with van der Waals surface area (Å²) in [5, 5.41) is 0. The Morgan fingerprint density at radius 2 is 1.96 bits per heavy atom. The van der Waals surface area contributed by atoms with E-state index >= 15 is 0 Å². The highest BCUT2D eigenvalue weighted by molar-refractivity contribution is 7.87. The summed E-state index contributed by atoms with van der Waals surface area (Å²) in [6, 6.07) is 9.53. The maximum absolute atomic E-state index is 12.4. The molecular formula is C18H27N3O3S. The molecule has 0 unspecified atom stereocenters. The molecule has 2 aliphatic rings. The topological polar surface area (TPSA) is 69.7 Å². The number of likely N-dealkylation sites (tertiary alicyclic amines) is 1. The third-order valence-corrected chi connectivity index (χ3v) is 6.45. The van der Waals surface area contributed by atoms with Gasteiger partial charge in [0.15, 0.2) is 0 Å². The van der Waals surface area contributed by atoms with E-state index in [0.717, 1.165) is 37.8 Å². The smallest absolute Gasteiger partial charge is 0.279 e. The zero-order chi connectivity index (χ0) is 17.9. The van der Waals surface area contributed by atoms with E-state index in [4.69, 9.17) is 0 Å². The molecule has 1 aromatic rings. The first-order valence-corrected chi connectivity index (χ1v) is 10.4. The lowest BCUT2D eigenvalue weighted by atomic mass is 9.98. The standard InChI is InChI=1S/C18H27N3O3S/c1-20(13-15-6-3-2-4-7-15)25(23,24)19-12-16-8-5-11-21(14-16)18(22)17-9-10-17/h2-4,6-7,16-17,19H,5,8-14H2,1H3/t16-/m0/s1. The highest BCUT2D eigenvalue weighted by Gasteiger charge is 2.35. The van der Waals surface area contributed by atoms with Crippen LogP contribution in [0.3, 0.4) is 0 Å². The maximum Gasteiger partial charge on any atom is 0.279 e. The van der Waals surface area contributed by atoms with Crippen molar-refractivity contribution in [2.45, 2.75) is 32.2 Å². The number of benzene rings is 1. The van der Waals surface area contributed by atoms with Crippen LogP contribution in [0, 0.1) is 11.8 Å². The number of nitrogens with one attached hydrogen (secondary N) is 1. The first-order valence-electron chi connectivity index (χ1n) is 8.99. The lowest BCUT2D eigenvalue weighted by molar-refractivity contribution is -0.134. The van der Waals surface area contributed by atoms with E-state index in [0.29, 0.717) is 19.6 Å². The van der Waals surface area contributed by atoms with E-state index in [1.54, 1.807) is 7.05 Å². The number of carbonyl (C=O) groups is 1. The van der Waals surface area contributed by atoms with Crippen LogP contribution < -0.4 is 4.72 Å². The molecule has 3 rings (SSSR count). The van der Waals surface area contributed by atoms with Crippen LogP contribution >= 0.6 is 0 Å². The highest BCUT2D eigenvalue weighted by Crippen LogP contribution is 2.32. The van der Waals surface area contributed by atoms with Crippen LogP contribution in [0.5, 0.6) is 0 Å². The second-order valence-corrected chi connectivity index (χ2v) is 9.02. The van der Waals surface area contributed by atoms with Crippen LogP contribution in [0.4, 0.5) is 0 Å². The monoisotopic (exact) mass is 365 g/mol. The van der Waals surface area contributed by atoms with Crippen molar-refractivity contribution in [1.82, 2.24) is 13.9 Å². The summed E-state index contributed by atoms with van der Waals surface area (Å²) in [7, 11) is -1.94. The van der Waals surface area contributed by atoms with Gasteiger partial charge in [0, 0.05) is 39.1 Å². The van der Waals surface area contributed by atoms with E-state index in [2.05, 4.69) is 4.72 Å². The summed E-state index contributed by atoms with van der Waals surface area (Å²) < 4.78 is 28.9. The van der Waals surface area contributed by atoms with Crippen molar-refractivity contribution >= 4 is 16.1 Å². The summed E-state index contributed by atoms with van der Waals surface area (Å²) in [4.78, 5) is 14.1. The Labute approximate surface area is 150 Å². The zero-order valence-electron chi connectivity index (χ0n) is 14.7. The molecule has 25 heavy (non-hydrogen) atoms. The van der Waals surface area contributed by atoms with Crippen LogP contribution in [0.25, 0.3) is 0 Å². The van der Waals surface area contributed by atoms with Crippen molar-refractivity contribution in [3.8, 4) is 0 Å². The van der Waals surface area contributed by atoms with Crippen molar-refractivity contribution in [2.75, 3.05) is 26.7 Å². The third-order valence-electron chi connectivity index (χ3n) is 4.97. The number of amides is 1. The lowest BCUT2D eigenvalue weighted by Crippen LogP contribution is -2.46.